The van der Waals surface area contributed by atoms with Crippen molar-refractivity contribution < 1.29 is 9.53 Å². The second-order valence-electron chi connectivity index (χ2n) is 4.16. The Morgan fingerprint density at radius 1 is 1.32 bits per heavy atom. The molecule has 0 bridgehead atoms. The van der Waals surface area contributed by atoms with Crippen LogP contribution in [0.25, 0.3) is 0 Å². The topological polar surface area (TPSA) is 50.4 Å². The van der Waals surface area contributed by atoms with Crippen molar-refractivity contribution in [2.45, 2.75) is 19.8 Å². The van der Waals surface area contributed by atoms with Crippen LogP contribution in [0, 0.1) is 0 Å². The van der Waals surface area contributed by atoms with Gasteiger partial charge in [0.1, 0.15) is 12.4 Å². The van der Waals surface area contributed by atoms with E-state index in [1.807, 2.05) is 31.2 Å². The molecule has 0 unspecified atom stereocenters. The first-order valence-electron chi connectivity index (χ1n) is 6.58. The van der Waals surface area contributed by atoms with Crippen molar-refractivity contribution in [1.82, 2.24) is 10.6 Å². The van der Waals surface area contributed by atoms with E-state index in [0.717, 1.165) is 29.7 Å². The zero-order valence-electron chi connectivity index (χ0n) is 11.2. The summed E-state index contributed by atoms with van der Waals surface area (Å²) in [5, 5.41) is 6.02. The molecule has 0 aliphatic heterocycles. The van der Waals surface area contributed by atoms with Gasteiger partial charge < -0.3 is 15.4 Å². The number of amides is 1. The molecule has 0 saturated carbocycles. The number of benzene rings is 1. The molecule has 0 aliphatic carbocycles. The van der Waals surface area contributed by atoms with E-state index in [0.29, 0.717) is 19.6 Å². The standard InChI is InChI=1S/C14H21BrN2O2/c1-2-7-17-14(18)6-8-16-9-10-19-13-5-3-4-12(15)11-13/h3-5,11,16H,2,6-10H2,1H3,(H,17,18). The predicted octanol–water partition coefficient (Wildman–Crippen LogP) is 2.33. The maximum Gasteiger partial charge on any atom is 0.221 e. The number of carbonyl (C=O) groups excluding carboxylic acids is 1. The molecule has 19 heavy (non-hydrogen) atoms. The Morgan fingerprint density at radius 3 is 2.89 bits per heavy atom. The lowest BCUT2D eigenvalue weighted by Gasteiger charge is -2.08. The first-order chi connectivity index (χ1) is 9.22. The average molecular weight is 329 g/mol. The van der Waals surface area contributed by atoms with Crippen LogP contribution in [0.3, 0.4) is 0 Å². The normalized spacial score (nSPS) is 10.2. The number of halogens is 1. The van der Waals surface area contributed by atoms with Crippen molar-refractivity contribution in [3.8, 4) is 5.75 Å². The molecule has 2 N–H and O–H groups in total. The van der Waals surface area contributed by atoms with E-state index in [4.69, 9.17) is 4.74 Å². The second-order valence-corrected chi connectivity index (χ2v) is 5.07. The number of hydrogen-bond acceptors (Lipinski definition) is 3. The molecule has 5 heteroatoms. The average Bonchev–Trinajstić information content (AvgIpc) is 2.40. The van der Waals surface area contributed by atoms with Gasteiger partial charge in [0.25, 0.3) is 0 Å². The van der Waals surface area contributed by atoms with Crippen LogP contribution in [0.2, 0.25) is 0 Å². The first kappa shape index (κ1) is 16.0. The molecular weight excluding hydrogens is 308 g/mol. The van der Waals surface area contributed by atoms with Gasteiger partial charge in [-0.05, 0) is 24.6 Å². The van der Waals surface area contributed by atoms with Gasteiger partial charge in [-0.2, -0.15) is 0 Å². The van der Waals surface area contributed by atoms with Crippen LogP contribution >= 0.6 is 15.9 Å². The van der Waals surface area contributed by atoms with E-state index >= 15 is 0 Å². The fourth-order valence-corrected chi connectivity index (χ4v) is 1.86. The Bertz CT molecular complexity index is 385. The third-order valence-electron chi connectivity index (χ3n) is 2.44. The van der Waals surface area contributed by atoms with Crippen molar-refractivity contribution in [1.29, 1.82) is 0 Å². The summed E-state index contributed by atoms with van der Waals surface area (Å²) in [6.07, 6.45) is 1.48. The van der Waals surface area contributed by atoms with Gasteiger partial charge in [0, 0.05) is 30.5 Å². The molecule has 4 nitrogen and oxygen atoms in total. The quantitative estimate of drug-likeness (QED) is 0.684. The number of ether oxygens (including phenoxy) is 1. The van der Waals surface area contributed by atoms with E-state index in [9.17, 15) is 4.79 Å². The molecule has 1 rings (SSSR count). The molecule has 0 radical (unpaired) electrons. The monoisotopic (exact) mass is 328 g/mol. The molecular formula is C14H21BrN2O2. The highest BCUT2D eigenvalue weighted by Gasteiger charge is 1.99. The van der Waals surface area contributed by atoms with Gasteiger partial charge >= 0.3 is 0 Å². The maximum atomic E-state index is 11.3. The van der Waals surface area contributed by atoms with Gasteiger partial charge in [0.15, 0.2) is 0 Å². The molecule has 0 heterocycles. The van der Waals surface area contributed by atoms with Gasteiger partial charge in [0.2, 0.25) is 5.91 Å². The highest BCUT2D eigenvalue weighted by Crippen LogP contribution is 2.17. The Labute approximate surface area is 123 Å². The lowest BCUT2D eigenvalue weighted by molar-refractivity contribution is -0.120. The van der Waals surface area contributed by atoms with Crippen LogP contribution in [0.4, 0.5) is 0 Å². The molecule has 1 amide bonds. The minimum atomic E-state index is 0.0993. The van der Waals surface area contributed by atoms with Crippen LogP contribution in [-0.4, -0.2) is 32.1 Å². The first-order valence-corrected chi connectivity index (χ1v) is 7.37. The summed E-state index contributed by atoms with van der Waals surface area (Å²) < 4.78 is 6.57. The summed E-state index contributed by atoms with van der Waals surface area (Å²) in [6.45, 7) is 4.79. The molecule has 0 aromatic heterocycles. The van der Waals surface area contributed by atoms with Crippen molar-refractivity contribution in [3.05, 3.63) is 28.7 Å². The Morgan fingerprint density at radius 2 is 2.16 bits per heavy atom. The molecule has 1 aromatic carbocycles. The highest BCUT2D eigenvalue weighted by atomic mass is 79.9. The van der Waals surface area contributed by atoms with Gasteiger partial charge in [-0.1, -0.05) is 28.9 Å². The van der Waals surface area contributed by atoms with E-state index < -0.39 is 0 Å². The van der Waals surface area contributed by atoms with Gasteiger partial charge in [-0.3, -0.25) is 4.79 Å². The third-order valence-corrected chi connectivity index (χ3v) is 2.94. The zero-order chi connectivity index (χ0) is 13.9. The van der Waals surface area contributed by atoms with E-state index in [1.54, 1.807) is 0 Å². The molecule has 0 aliphatic rings. The SMILES string of the molecule is CCCNC(=O)CCNCCOc1cccc(Br)c1. The molecule has 0 fully saturated rings. The fraction of sp³-hybridized carbons (Fsp3) is 0.500. The van der Waals surface area contributed by atoms with E-state index in [-0.39, 0.29) is 5.91 Å². The second kappa shape index (κ2) is 9.81. The Hall–Kier alpha value is -1.07. The van der Waals surface area contributed by atoms with Crippen LogP contribution in [0.5, 0.6) is 5.75 Å². The largest absolute Gasteiger partial charge is 0.492 e. The lowest BCUT2D eigenvalue weighted by Crippen LogP contribution is -2.29. The summed E-state index contributed by atoms with van der Waals surface area (Å²) in [5.41, 5.74) is 0. The van der Waals surface area contributed by atoms with Crippen molar-refractivity contribution in [3.63, 3.8) is 0 Å². The summed E-state index contributed by atoms with van der Waals surface area (Å²) in [7, 11) is 0. The fourth-order valence-electron chi connectivity index (χ4n) is 1.48. The van der Waals surface area contributed by atoms with Gasteiger partial charge in [-0.15, -0.1) is 0 Å². The van der Waals surface area contributed by atoms with Crippen molar-refractivity contribution in [2.75, 3.05) is 26.2 Å². The summed E-state index contributed by atoms with van der Waals surface area (Å²) in [6, 6.07) is 7.74. The minimum absolute atomic E-state index is 0.0993. The molecule has 106 valence electrons. The molecule has 0 atom stereocenters. The van der Waals surface area contributed by atoms with Crippen LogP contribution in [-0.2, 0) is 4.79 Å². The van der Waals surface area contributed by atoms with Crippen molar-refractivity contribution >= 4 is 21.8 Å². The third kappa shape index (κ3) is 7.85. The van der Waals surface area contributed by atoms with E-state index in [1.165, 1.54) is 0 Å². The highest BCUT2D eigenvalue weighted by molar-refractivity contribution is 9.10. The Kier molecular flexibility index (Phi) is 8.25. The van der Waals surface area contributed by atoms with E-state index in [2.05, 4.69) is 26.6 Å². The smallest absolute Gasteiger partial charge is 0.221 e. The van der Waals surface area contributed by atoms with Gasteiger partial charge in [-0.25, -0.2) is 0 Å². The number of rotatable bonds is 9. The number of nitrogens with one attached hydrogen (secondary N) is 2. The molecule has 0 spiro atoms. The summed E-state index contributed by atoms with van der Waals surface area (Å²) >= 11 is 3.39. The zero-order valence-corrected chi connectivity index (χ0v) is 12.8. The summed E-state index contributed by atoms with van der Waals surface area (Å²) in [4.78, 5) is 11.3. The molecule has 0 saturated heterocycles. The number of hydrogen-bond donors (Lipinski definition) is 2. The summed E-state index contributed by atoms with van der Waals surface area (Å²) in [5.74, 6) is 0.944. The van der Waals surface area contributed by atoms with Crippen LogP contribution in [0.1, 0.15) is 19.8 Å². The van der Waals surface area contributed by atoms with Gasteiger partial charge in [0.05, 0.1) is 0 Å². The number of carbonyl (C=O) groups is 1. The Balaban J connectivity index is 2.01. The molecule has 1 aromatic rings. The van der Waals surface area contributed by atoms with Crippen LogP contribution in [0.15, 0.2) is 28.7 Å². The minimum Gasteiger partial charge on any atom is -0.492 e. The lowest BCUT2D eigenvalue weighted by atomic mass is 10.3. The van der Waals surface area contributed by atoms with Crippen molar-refractivity contribution in [2.24, 2.45) is 0 Å². The maximum absolute atomic E-state index is 11.3. The van der Waals surface area contributed by atoms with Crippen LogP contribution < -0.4 is 15.4 Å². The predicted molar refractivity (Wildman–Crippen MR) is 80.4 cm³/mol.